The van der Waals surface area contributed by atoms with Gasteiger partial charge in [0.15, 0.2) is 0 Å². The van der Waals surface area contributed by atoms with Crippen molar-refractivity contribution in [2.75, 3.05) is 51.3 Å². The molecule has 1 aromatic heterocycles. The molecule has 1 aliphatic rings. The Morgan fingerprint density at radius 1 is 0.953 bits per heavy atom. The fourth-order valence-corrected chi connectivity index (χ4v) is 6.05. The van der Waals surface area contributed by atoms with Gasteiger partial charge in [-0.1, -0.05) is 42.5 Å². The lowest BCUT2D eigenvalue weighted by Crippen LogP contribution is -2.50. The van der Waals surface area contributed by atoms with Crippen LogP contribution in [0, 0.1) is 0 Å². The number of aromatic nitrogens is 1. The zero-order chi connectivity index (χ0) is 30.0. The molecule has 1 aliphatic heterocycles. The Morgan fingerprint density at radius 3 is 2.56 bits per heavy atom. The van der Waals surface area contributed by atoms with Crippen LogP contribution in [0.5, 0.6) is 11.5 Å². The molecule has 0 bridgehead atoms. The first kappa shape index (κ1) is 30.3. The van der Waals surface area contributed by atoms with E-state index >= 15 is 0 Å². The minimum Gasteiger partial charge on any atom is -0.497 e. The number of carbonyl (C=O) groups is 2. The first-order valence-corrected chi connectivity index (χ1v) is 15.3. The summed E-state index contributed by atoms with van der Waals surface area (Å²) in [5.41, 5.74) is 2.23. The molecule has 0 saturated carbocycles. The van der Waals surface area contributed by atoms with Crippen LogP contribution in [0.1, 0.15) is 24.0 Å². The van der Waals surface area contributed by atoms with Crippen molar-refractivity contribution < 1.29 is 28.9 Å². The molecule has 5 rings (SSSR count). The molecule has 1 N–H and O–H groups in total. The average Bonchev–Trinajstić information content (AvgIpc) is 3.47. The summed E-state index contributed by atoms with van der Waals surface area (Å²) >= 11 is 1.52. The molecule has 2 heterocycles. The molecule has 1 fully saturated rings. The quantitative estimate of drug-likeness (QED) is 0.198. The highest BCUT2D eigenvalue weighted by atomic mass is 32.1. The molecule has 1 unspecified atom stereocenters. The summed E-state index contributed by atoms with van der Waals surface area (Å²) < 4.78 is 23.3. The molecular formula is C33H37N3O6S. The van der Waals surface area contributed by atoms with E-state index in [9.17, 15) is 9.59 Å². The molecule has 0 aliphatic carbocycles. The average molecular weight is 604 g/mol. The maximum Gasteiger partial charge on any atom is 0.306 e. The SMILES string of the molecule is COc1cccc(CCc2ccccc2OCC(CN2CCN(c3nsc4ccccc34)CC2)OC(=O)CCC(=O)O)c1. The molecule has 0 spiro atoms. The molecule has 1 atom stereocenters. The number of rotatable bonds is 14. The predicted molar refractivity (Wildman–Crippen MR) is 167 cm³/mol. The van der Waals surface area contributed by atoms with E-state index < -0.39 is 18.0 Å². The van der Waals surface area contributed by atoms with Crippen LogP contribution < -0.4 is 14.4 Å². The Balaban J connectivity index is 1.20. The number of piperazine rings is 1. The second-order valence-electron chi connectivity index (χ2n) is 10.6. The molecule has 3 aromatic carbocycles. The van der Waals surface area contributed by atoms with E-state index in [-0.39, 0.29) is 19.4 Å². The number of para-hydroxylation sites is 1. The number of ether oxygens (including phenoxy) is 3. The third kappa shape index (κ3) is 8.46. The van der Waals surface area contributed by atoms with Crippen molar-refractivity contribution in [1.29, 1.82) is 0 Å². The van der Waals surface area contributed by atoms with Crippen molar-refractivity contribution in [3.05, 3.63) is 83.9 Å². The lowest BCUT2D eigenvalue weighted by molar-refractivity contribution is -0.154. The first-order chi connectivity index (χ1) is 21.0. The molecule has 1 saturated heterocycles. The Bertz CT molecular complexity index is 1520. The smallest absolute Gasteiger partial charge is 0.306 e. The lowest BCUT2D eigenvalue weighted by atomic mass is 10.0. The Hall–Kier alpha value is -4.15. The summed E-state index contributed by atoms with van der Waals surface area (Å²) in [7, 11) is 1.66. The second-order valence-corrected chi connectivity index (χ2v) is 11.4. The summed E-state index contributed by atoms with van der Waals surface area (Å²) in [6.07, 6.45) is 0.621. The molecule has 0 radical (unpaired) electrons. The molecule has 43 heavy (non-hydrogen) atoms. The zero-order valence-electron chi connectivity index (χ0n) is 24.3. The van der Waals surface area contributed by atoms with Crippen LogP contribution in [0.3, 0.4) is 0 Å². The van der Waals surface area contributed by atoms with Gasteiger partial charge in [-0.15, -0.1) is 0 Å². The number of nitrogens with zero attached hydrogens (tertiary/aromatic N) is 3. The summed E-state index contributed by atoms with van der Waals surface area (Å²) in [5.74, 6) is 1.04. The number of methoxy groups -OCH3 is 1. The largest absolute Gasteiger partial charge is 0.497 e. The topological polar surface area (TPSA) is 101 Å². The molecule has 0 amide bonds. The van der Waals surface area contributed by atoms with Crippen molar-refractivity contribution in [3.63, 3.8) is 0 Å². The highest BCUT2D eigenvalue weighted by molar-refractivity contribution is 7.13. The molecule has 226 valence electrons. The minimum absolute atomic E-state index is 0.173. The van der Waals surface area contributed by atoms with E-state index in [0.717, 1.165) is 61.9 Å². The fourth-order valence-electron chi connectivity index (χ4n) is 5.25. The second kappa shape index (κ2) is 14.8. The molecule has 10 heteroatoms. The van der Waals surface area contributed by atoms with E-state index in [0.29, 0.717) is 6.54 Å². The number of esters is 1. The van der Waals surface area contributed by atoms with Crippen molar-refractivity contribution >= 4 is 39.4 Å². The van der Waals surface area contributed by atoms with Gasteiger partial charge in [-0.05, 0) is 65.8 Å². The lowest BCUT2D eigenvalue weighted by Gasteiger charge is -2.36. The highest BCUT2D eigenvalue weighted by Crippen LogP contribution is 2.30. The van der Waals surface area contributed by atoms with E-state index in [4.69, 9.17) is 23.7 Å². The van der Waals surface area contributed by atoms with Crippen LogP contribution in [0.15, 0.2) is 72.8 Å². The predicted octanol–water partition coefficient (Wildman–Crippen LogP) is 5.07. The third-order valence-corrected chi connectivity index (χ3v) is 8.36. The third-order valence-electron chi connectivity index (χ3n) is 7.55. The first-order valence-electron chi connectivity index (χ1n) is 14.5. The summed E-state index contributed by atoms with van der Waals surface area (Å²) in [5, 5.41) is 10.2. The van der Waals surface area contributed by atoms with Gasteiger partial charge >= 0.3 is 11.9 Å². The molecular weight excluding hydrogens is 566 g/mol. The summed E-state index contributed by atoms with van der Waals surface area (Å²) in [6.45, 7) is 3.85. The number of aryl methyl sites for hydroxylation is 2. The number of fused-ring (bicyclic) bond motifs is 1. The maximum atomic E-state index is 12.5. The van der Waals surface area contributed by atoms with E-state index in [2.05, 4.69) is 28.0 Å². The number of hydrogen-bond acceptors (Lipinski definition) is 9. The molecule has 9 nitrogen and oxygen atoms in total. The zero-order valence-corrected chi connectivity index (χ0v) is 25.1. The number of aliphatic carboxylic acids is 1. The van der Waals surface area contributed by atoms with Crippen LogP contribution in [0.25, 0.3) is 10.1 Å². The molecule has 4 aromatic rings. The maximum absolute atomic E-state index is 12.5. The number of carboxylic acid groups (broad SMARTS) is 1. The number of carbonyl (C=O) groups excluding carboxylic acids is 1. The number of benzene rings is 3. The van der Waals surface area contributed by atoms with Gasteiger partial charge in [-0.2, -0.15) is 4.37 Å². The number of anilines is 1. The van der Waals surface area contributed by atoms with Gasteiger partial charge in [-0.25, -0.2) is 0 Å². The van der Waals surface area contributed by atoms with Gasteiger partial charge in [0.25, 0.3) is 0 Å². The van der Waals surface area contributed by atoms with Gasteiger partial charge in [0.1, 0.15) is 30.0 Å². The Morgan fingerprint density at radius 2 is 1.74 bits per heavy atom. The van der Waals surface area contributed by atoms with Crippen molar-refractivity contribution in [1.82, 2.24) is 9.27 Å². The van der Waals surface area contributed by atoms with Gasteiger partial charge in [0, 0.05) is 38.1 Å². The fraction of sp³-hybridized carbons (Fsp3) is 0.364. The van der Waals surface area contributed by atoms with Crippen molar-refractivity contribution in [2.24, 2.45) is 0 Å². The number of hydrogen-bond donors (Lipinski definition) is 1. The normalized spacial score (nSPS) is 14.4. The van der Waals surface area contributed by atoms with Crippen LogP contribution >= 0.6 is 11.5 Å². The summed E-state index contributed by atoms with van der Waals surface area (Å²) in [6, 6.07) is 24.2. The van der Waals surface area contributed by atoms with Gasteiger partial charge in [0.2, 0.25) is 0 Å². The van der Waals surface area contributed by atoms with Gasteiger partial charge in [-0.3, -0.25) is 14.5 Å². The van der Waals surface area contributed by atoms with Crippen LogP contribution in [0.2, 0.25) is 0 Å². The van der Waals surface area contributed by atoms with Crippen LogP contribution in [0.4, 0.5) is 5.82 Å². The minimum atomic E-state index is -1.03. The number of carboxylic acids is 1. The standard InChI is InChI=1S/C33H37N3O6S/c1-40-26-9-6-7-24(21-26)13-14-25-8-2-4-11-29(25)41-23-27(42-32(39)16-15-31(37)38)22-35-17-19-36(20-18-35)33-28-10-3-5-12-30(28)43-34-33/h2-12,21,27H,13-20,22-23H2,1H3,(H,37,38). The Kier molecular flexibility index (Phi) is 10.5. The van der Waals surface area contributed by atoms with Crippen LogP contribution in [-0.2, 0) is 27.2 Å². The van der Waals surface area contributed by atoms with Crippen molar-refractivity contribution in [3.8, 4) is 11.5 Å². The van der Waals surface area contributed by atoms with E-state index in [1.54, 1.807) is 7.11 Å². The van der Waals surface area contributed by atoms with Gasteiger partial charge < -0.3 is 24.2 Å². The van der Waals surface area contributed by atoms with Crippen molar-refractivity contribution in [2.45, 2.75) is 31.8 Å². The Labute approximate surface area is 255 Å². The highest BCUT2D eigenvalue weighted by Gasteiger charge is 2.25. The van der Waals surface area contributed by atoms with Gasteiger partial charge in [0.05, 0.1) is 24.7 Å². The van der Waals surface area contributed by atoms with E-state index in [1.165, 1.54) is 27.2 Å². The van der Waals surface area contributed by atoms with E-state index in [1.807, 2.05) is 54.6 Å². The monoisotopic (exact) mass is 603 g/mol. The van der Waals surface area contributed by atoms with Crippen LogP contribution in [-0.4, -0.2) is 78.9 Å². The summed E-state index contributed by atoms with van der Waals surface area (Å²) in [4.78, 5) is 28.1.